The molecule has 8 heteroatoms. The minimum absolute atomic E-state index is 0.386. The van der Waals surface area contributed by atoms with E-state index in [1.165, 1.54) is 0 Å². The van der Waals surface area contributed by atoms with E-state index in [0.717, 1.165) is 18.5 Å². The summed E-state index contributed by atoms with van der Waals surface area (Å²) in [7, 11) is 0.991. The third kappa shape index (κ3) is 2.36. The average molecular weight is 223 g/mol. The molecule has 0 saturated carbocycles. The zero-order valence-corrected chi connectivity index (χ0v) is 7.62. The van der Waals surface area contributed by atoms with Gasteiger partial charge in [-0.05, 0) is 0 Å². The molecule has 0 aliphatic carbocycles. The van der Waals surface area contributed by atoms with Crippen molar-refractivity contribution in [2.75, 3.05) is 0 Å². The van der Waals surface area contributed by atoms with Crippen LogP contribution in [0.1, 0.15) is 0 Å². The van der Waals surface area contributed by atoms with Crippen molar-refractivity contribution in [2.24, 2.45) is 0 Å². The van der Waals surface area contributed by atoms with Crippen molar-refractivity contribution in [1.29, 1.82) is 0 Å². The highest BCUT2D eigenvalue weighted by Crippen LogP contribution is 2.18. The van der Waals surface area contributed by atoms with Crippen LogP contribution in [-0.2, 0) is 9.05 Å². The second-order valence-corrected chi connectivity index (χ2v) is 4.64. The predicted molar refractivity (Wildman–Crippen MR) is 43.9 cm³/mol. The summed E-state index contributed by atoms with van der Waals surface area (Å²) in [5.74, 6) is 0. The predicted octanol–water partition coefficient (Wildman–Crippen LogP) is 0.917. The smallest absolute Gasteiger partial charge is 0.258 e. The number of pyridine rings is 1. The maximum absolute atomic E-state index is 10.7. The second kappa shape index (κ2) is 3.27. The largest absolute Gasteiger partial charge is 0.288 e. The fraction of sp³-hybridized carbons (Fsp3) is 0. The summed E-state index contributed by atoms with van der Waals surface area (Å²) in [5.41, 5.74) is -0.415. The molecule has 70 valence electrons. The first-order valence-electron chi connectivity index (χ1n) is 2.95. The second-order valence-electron chi connectivity index (χ2n) is 2.07. The number of hydrogen-bond acceptors (Lipinski definition) is 5. The Balaban J connectivity index is 3.29. The van der Waals surface area contributed by atoms with Crippen LogP contribution in [0.15, 0.2) is 23.4 Å². The molecule has 0 aliphatic heterocycles. The zero-order chi connectivity index (χ0) is 10.1. The molecule has 0 amide bonds. The Morgan fingerprint density at radius 3 is 2.54 bits per heavy atom. The number of nitrogens with zero attached hydrogens (tertiary/aromatic N) is 2. The van der Waals surface area contributed by atoms with Crippen molar-refractivity contribution in [2.45, 2.75) is 4.90 Å². The van der Waals surface area contributed by atoms with Crippen molar-refractivity contribution in [3.8, 4) is 0 Å². The molecule has 1 heterocycles. The van der Waals surface area contributed by atoms with Crippen LogP contribution in [-0.4, -0.2) is 18.3 Å². The lowest BCUT2D eigenvalue weighted by Gasteiger charge is -1.93. The quantitative estimate of drug-likeness (QED) is 0.422. The molecular formula is C5H3ClN2O4S. The van der Waals surface area contributed by atoms with Gasteiger partial charge in [-0.3, -0.25) is 15.1 Å². The van der Waals surface area contributed by atoms with Gasteiger partial charge in [0.15, 0.2) is 0 Å². The Morgan fingerprint density at radius 1 is 1.46 bits per heavy atom. The van der Waals surface area contributed by atoms with Gasteiger partial charge >= 0.3 is 0 Å². The molecule has 0 fully saturated rings. The lowest BCUT2D eigenvalue weighted by molar-refractivity contribution is -0.385. The Labute approximate surface area is 77.7 Å². The third-order valence-electron chi connectivity index (χ3n) is 1.19. The maximum Gasteiger partial charge on any atom is 0.288 e. The van der Waals surface area contributed by atoms with Gasteiger partial charge in [-0.15, -0.1) is 0 Å². The summed E-state index contributed by atoms with van der Waals surface area (Å²) in [5, 5.41) is 10.2. The van der Waals surface area contributed by atoms with E-state index in [1.54, 1.807) is 0 Å². The number of rotatable bonds is 2. The molecule has 0 spiro atoms. The Bertz CT molecular complexity index is 444. The van der Waals surface area contributed by atoms with E-state index in [4.69, 9.17) is 10.7 Å². The first kappa shape index (κ1) is 9.87. The van der Waals surface area contributed by atoms with Gasteiger partial charge in [-0.1, -0.05) is 0 Å². The van der Waals surface area contributed by atoms with Gasteiger partial charge in [-0.25, -0.2) is 8.42 Å². The molecule has 1 aromatic rings. The van der Waals surface area contributed by atoms with Crippen molar-refractivity contribution >= 4 is 25.4 Å². The highest BCUT2D eigenvalue weighted by Gasteiger charge is 2.15. The molecule has 0 radical (unpaired) electrons. The summed E-state index contributed by atoms with van der Waals surface area (Å²) in [6.07, 6.45) is 1.88. The number of halogens is 1. The molecule has 0 aromatic carbocycles. The average Bonchev–Trinajstić information content (AvgIpc) is 2.03. The van der Waals surface area contributed by atoms with E-state index in [1.807, 2.05) is 0 Å². The SMILES string of the molecule is O=[N+]([O-])c1cncc(S(=O)(=O)Cl)c1. The van der Waals surface area contributed by atoms with Gasteiger partial charge in [0, 0.05) is 22.9 Å². The molecule has 0 aliphatic rings. The van der Waals surface area contributed by atoms with Crippen LogP contribution in [0.4, 0.5) is 5.69 Å². The van der Waals surface area contributed by atoms with Crippen LogP contribution in [0.2, 0.25) is 0 Å². The summed E-state index contributed by atoms with van der Waals surface area (Å²) in [6, 6.07) is 0.843. The van der Waals surface area contributed by atoms with Gasteiger partial charge in [-0.2, -0.15) is 0 Å². The first-order valence-corrected chi connectivity index (χ1v) is 5.26. The van der Waals surface area contributed by atoms with Gasteiger partial charge in [0.1, 0.15) is 11.1 Å². The van der Waals surface area contributed by atoms with E-state index in [9.17, 15) is 18.5 Å². The summed E-state index contributed by atoms with van der Waals surface area (Å²) in [4.78, 5) is 12.4. The van der Waals surface area contributed by atoms with Gasteiger partial charge in [0.25, 0.3) is 14.7 Å². The zero-order valence-electron chi connectivity index (χ0n) is 6.05. The highest BCUT2D eigenvalue weighted by molar-refractivity contribution is 8.13. The summed E-state index contributed by atoms with van der Waals surface area (Å²) < 4.78 is 21.4. The fourth-order valence-electron chi connectivity index (χ4n) is 0.641. The normalized spacial score (nSPS) is 11.2. The summed E-state index contributed by atoms with van der Waals surface area (Å²) in [6.45, 7) is 0. The van der Waals surface area contributed by atoms with Crippen LogP contribution in [0.3, 0.4) is 0 Å². The molecule has 6 nitrogen and oxygen atoms in total. The number of aromatic nitrogens is 1. The number of hydrogen-bond donors (Lipinski definition) is 0. The fourth-order valence-corrected chi connectivity index (χ4v) is 1.34. The van der Waals surface area contributed by atoms with E-state index in [2.05, 4.69) is 4.98 Å². The molecule has 0 atom stereocenters. The highest BCUT2D eigenvalue weighted by atomic mass is 35.7. The lowest BCUT2D eigenvalue weighted by Crippen LogP contribution is -1.95. The molecule has 0 bridgehead atoms. The molecule has 0 saturated heterocycles. The molecule has 1 rings (SSSR count). The number of nitro groups is 1. The monoisotopic (exact) mass is 222 g/mol. The van der Waals surface area contributed by atoms with E-state index in [0.29, 0.717) is 0 Å². The maximum atomic E-state index is 10.7. The van der Waals surface area contributed by atoms with E-state index < -0.39 is 19.7 Å². The Morgan fingerprint density at radius 2 is 2.08 bits per heavy atom. The molecule has 13 heavy (non-hydrogen) atoms. The van der Waals surface area contributed by atoms with Crippen LogP contribution in [0.5, 0.6) is 0 Å². The van der Waals surface area contributed by atoms with Crippen LogP contribution >= 0.6 is 10.7 Å². The topological polar surface area (TPSA) is 90.2 Å². The van der Waals surface area contributed by atoms with Crippen LogP contribution < -0.4 is 0 Å². The lowest BCUT2D eigenvalue weighted by atomic mass is 10.4. The van der Waals surface area contributed by atoms with E-state index >= 15 is 0 Å². The minimum Gasteiger partial charge on any atom is -0.258 e. The Hall–Kier alpha value is -1.21. The van der Waals surface area contributed by atoms with Gasteiger partial charge < -0.3 is 0 Å². The van der Waals surface area contributed by atoms with Crippen molar-refractivity contribution in [3.05, 3.63) is 28.6 Å². The Kier molecular flexibility index (Phi) is 2.48. The van der Waals surface area contributed by atoms with Crippen LogP contribution in [0, 0.1) is 10.1 Å². The summed E-state index contributed by atoms with van der Waals surface area (Å²) >= 11 is 0. The van der Waals surface area contributed by atoms with Gasteiger partial charge in [0.05, 0.1) is 4.92 Å². The minimum atomic E-state index is -3.95. The van der Waals surface area contributed by atoms with Crippen molar-refractivity contribution in [3.63, 3.8) is 0 Å². The molecule has 0 N–H and O–H groups in total. The molecule has 0 unspecified atom stereocenters. The van der Waals surface area contributed by atoms with Crippen LogP contribution in [0.25, 0.3) is 0 Å². The standard InChI is InChI=1S/C5H3ClN2O4S/c6-13(11,12)5-1-4(8(9)10)2-7-3-5/h1-3H. The molecular weight excluding hydrogens is 220 g/mol. The third-order valence-corrected chi connectivity index (χ3v) is 2.51. The van der Waals surface area contributed by atoms with Crippen molar-refractivity contribution < 1.29 is 13.3 Å². The van der Waals surface area contributed by atoms with E-state index in [-0.39, 0.29) is 4.90 Å². The van der Waals surface area contributed by atoms with Crippen molar-refractivity contribution in [1.82, 2.24) is 4.98 Å². The first-order chi connectivity index (χ1) is 5.91. The van der Waals surface area contributed by atoms with Gasteiger partial charge in [0.2, 0.25) is 0 Å². The molecule has 1 aromatic heterocycles.